The first kappa shape index (κ1) is 18.2. The number of likely N-dealkylation sites (tertiary alicyclic amines) is 1. The van der Waals surface area contributed by atoms with Crippen LogP contribution in [0.2, 0.25) is 0 Å². The second kappa shape index (κ2) is 8.25. The quantitative estimate of drug-likeness (QED) is 0.698. The molecule has 1 fully saturated rings. The lowest BCUT2D eigenvalue weighted by Crippen LogP contribution is -2.39. The molecule has 28 heavy (non-hydrogen) atoms. The average molecular weight is 376 g/mol. The number of hydrogen-bond acceptors (Lipinski definition) is 4. The first-order chi connectivity index (χ1) is 13.7. The number of benzene rings is 1. The smallest absolute Gasteiger partial charge is 0.226 e. The number of piperidine rings is 1. The molecule has 1 aliphatic heterocycles. The first-order valence-electron chi connectivity index (χ1n) is 9.43. The molecule has 1 amide bonds. The molecule has 0 unspecified atom stereocenters. The van der Waals surface area contributed by atoms with E-state index in [4.69, 9.17) is 4.98 Å². The van der Waals surface area contributed by atoms with Gasteiger partial charge in [0.25, 0.3) is 0 Å². The number of halogens is 1. The van der Waals surface area contributed by atoms with Crippen LogP contribution < -0.4 is 0 Å². The van der Waals surface area contributed by atoms with Crippen molar-refractivity contribution < 1.29 is 9.18 Å². The van der Waals surface area contributed by atoms with E-state index in [1.807, 2.05) is 23.1 Å². The molecule has 0 spiro atoms. The van der Waals surface area contributed by atoms with Gasteiger partial charge in [-0.2, -0.15) is 0 Å². The zero-order chi connectivity index (χ0) is 19.3. The third-order valence-electron chi connectivity index (χ3n) is 5.14. The van der Waals surface area contributed by atoms with E-state index in [0.717, 1.165) is 29.7 Å². The van der Waals surface area contributed by atoms with E-state index in [-0.39, 0.29) is 17.6 Å². The Morgan fingerprint density at radius 2 is 1.86 bits per heavy atom. The number of hydrogen-bond donors (Lipinski definition) is 0. The van der Waals surface area contributed by atoms with Crippen LogP contribution in [0, 0.1) is 5.82 Å². The fraction of sp³-hybridized carbons (Fsp3) is 0.273. The Labute approximate surface area is 163 Å². The highest BCUT2D eigenvalue weighted by atomic mass is 19.1. The maximum Gasteiger partial charge on any atom is 0.226 e. The van der Waals surface area contributed by atoms with Crippen molar-refractivity contribution >= 4 is 5.91 Å². The molecule has 142 valence electrons. The van der Waals surface area contributed by atoms with E-state index >= 15 is 0 Å². The third kappa shape index (κ3) is 4.22. The molecule has 1 saturated heterocycles. The minimum absolute atomic E-state index is 0.143. The first-order valence-corrected chi connectivity index (χ1v) is 9.43. The van der Waals surface area contributed by atoms with Crippen LogP contribution >= 0.6 is 0 Å². The molecule has 0 saturated carbocycles. The molecule has 3 heterocycles. The Morgan fingerprint density at radius 1 is 1.07 bits per heavy atom. The summed E-state index contributed by atoms with van der Waals surface area (Å²) in [4.78, 5) is 27.4. The van der Waals surface area contributed by atoms with Crippen molar-refractivity contribution in [2.45, 2.75) is 25.2 Å². The van der Waals surface area contributed by atoms with Gasteiger partial charge in [0, 0.05) is 43.2 Å². The van der Waals surface area contributed by atoms with Crippen LogP contribution in [0.15, 0.2) is 61.2 Å². The maximum absolute atomic E-state index is 13.5. The molecule has 3 aromatic rings. The van der Waals surface area contributed by atoms with Crippen LogP contribution in [-0.4, -0.2) is 38.8 Å². The summed E-state index contributed by atoms with van der Waals surface area (Å²) in [6.45, 7) is 1.42. The number of carbonyl (C=O) groups is 1. The molecule has 0 aliphatic carbocycles. The molecule has 0 bridgehead atoms. The highest BCUT2D eigenvalue weighted by Crippen LogP contribution is 2.28. The topological polar surface area (TPSA) is 59.0 Å². The van der Waals surface area contributed by atoms with Gasteiger partial charge in [-0.25, -0.2) is 9.37 Å². The summed E-state index contributed by atoms with van der Waals surface area (Å²) in [6, 6.07) is 10.1. The van der Waals surface area contributed by atoms with E-state index in [2.05, 4.69) is 9.97 Å². The lowest BCUT2D eigenvalue weighted by Gasteiger charge is -2.31. The van der Waals surface area contributed by atoms with Crippen molar-refractivity contribution in [2.24, 2.45) is 0 Å². The molecule has 2 aromatic heterocycles. The van der Waals surface area contributed by atoms with Gasteiger partial charge in [-0.05, 0) is 42.7 Å². The predicted molar refractivity (Wildman–Crippen MR) is 104 cm³/mol. The van der Waals surface area contributed by atoms with Gasteiger partial charge in [0.1, 0.15) is 5.82 Å². The van der Waals surface area contributed by atoms with Crippen molar-refractivity contribution in [3.05, 3.63) is 78.3 Å². The van der Waals surface area contributed by atoms with E-state index in [9.17, 15) is 9.18 Å². The van der Waals surface area contributed by atoms with Gasteiger partial charge >= 0.3 is 0 Å². The normalized spacial score (nSPS) is 14.8. The molecule has 1 aliphatic rings. The number of rotatable bonds is 4. The summed E-state index contributed by atoms with van der Waals surface area (Å²) >= 11 is 0. The van der Waals surface area contributed by atoms with E-state index in [1.54, 1.807) is 30.9 Å². The minimum Gasteiger partial charge on any atom is -0.342 e. The molecule has 1 aromatic carbocycles. The SMILES string of the molecule is O=C(Cc1ccncc1)N1CCC(c2cncc(-c3cccc(F)c3)n2)CC1. The third-order valence-corrected chi connectivity index (χ3v) is 5.14. The number of nitrogens with zero attached hydrogens (tertiary/aromatic N) is 4. The number of pyridine rings is 1. The summed E-state index contributed by atoms with van der Waals surface area (Å²) in [7, 11) is 0. The summed E-state index contributed by atoms with van der Waals surface area (Å²) in [5, 5.41) is 0. The standard InChI is InChI=1S/C22H21FN4O/c23-19-3-1-2-18(13-19)21-15-25-14-20(26-21)17-6-10-27(11-7-17)22(28)12-16-4-8-24-9-5-16/h1-5,8-9,13-15,17H,6-7,10-12H2. The Kier molecular flexibility index (Phi) is 5.37. The van der Waals surface area contributed by atoms with E-state index in [1.165, 1.54) is 12.1 Å². The zero-order valence-electron chi connectivity index (χ0n) is 15.5. The second-order valence-corrected chi connectivity index (χ2v) is 7.03. The summed E-state index contributed by atoms with van der Waals surface area (Å²) < 4.78 is 13.5. The van der Waals surface area contributed by atoms with Crippen molar-refractivity contribution in [2.75, 3.05) is 13.1 Å². The molecule has 0 N–H and O–H groups in total. The van der Waals surface area contributed by atoms with E-state index < -0.39 is 0 Å². The number of carbonyl (C=O) groups excluding carboxylic acids is 1. The largest absolute Gasteiger partial charge is 0.342 e. The van der Waals surface area contributed by atoms with Crippen LogP contribution in [-0.2, 0) is 11.2 Å². The lowest BCUT2D eigenvalue weighted by atomic mass is 9.93. The van der Waals surface area contributed by atoms with Crippen LogP contribution in [0.5, 0.6) is 0 Å². The van der Waals surface area contributed by atoms with Crippen LogP contribution in [0.25, 0.3) is 11.3 Å². The fourth-order valence-corrected chi connectivity index (χ4v) is 3.58. The summed E-state index contributed by atoms with van der Waals surface area (Å²) in [5.74, 6) is 0.112. The van der Waals surface area contributed by atoms with Crippen LogP contribution in [0.1, 0.15) is 30.0 Å². The second-order valence-electron chi connectivity index (χ2n) is 7.03. The van der Waals surface area contributed by atoms with E-state index in [0.29, 0.717) is 25.2 Å². The molecule has 5 nitrogen and oxygen atoms in total. The maximum atomic E-state index is 13.5. The number of amides is 1. The average Bonchev–Trinajstić information content (AvgIpc) is 2.75. The molecule has 6 heteroatoms. The number of aromatic nitrogens is 3. The van der Waals surface area contributed by atoms with Crippen molar-refractivity contribution in [1.82, 2.24) is 19.9 Å². The summed E-state index contributed by atoms with van der Waals surface area (Å²) in [5.41, 5.74) is 3.28. The molecule has 0 radical (unpaired) electrons. The Morgan fingerprint density at radius 3 is 2.61 bits per heavy atom. The monoisotopic (exact) mass is 376 g/mol. The Bertz CT molecular complexity index is 956. The van der Waals surface area contributed by atoms with Gasteiger partial charge in [0.15, 0.2) is 0 Å². The zero-order valence-corrected chi connectivity index (χ0v) is 15.5. The highest BCUT2D eigenvalue weighted by molar-refractivity contribution is 5.78. The summed E-state index contributed by atoms with van der Waals surface area (Å²) in [6.07, 6.45) is 8.96. The molecule has 0 atom stereocenters. The molecular formula is C22H21FN4O. The van der Waals surface area contributed by atoms with Crippen molar-refractivity contribution in [3.8, 4) is 11.3 Å². The Hall–Kier alpha value is -3.15. The predicted octanol–water partition coefficient (Wildman–Crippen LogP) is 3.63. The van der Waals surface area contributed by atoms with Crippen molar-refractivity contribution in [3.63, 3.8) is 0 Å². The Balaban J connectivity index is 1.40. The van der Waals surface area contributed by atoms with Crippen LogP contribution in [0.4, 0.5) is 4.39 Å². The highest BCUT2D eigenvalue weighted by Gasteiger charge is 2.25. The van der Waals surface area contributed by atoms with Gasteiger partial charge < -0.3 is 4.90 Å². The molecular weight excluding hydrogens is 355 g/mol. The van der Waals surface area contributed by atoms with Crippen molar-refractivity contribution in [1.29, 1.82) is 0 Å². The van der Waals surface area contributed by atoms with Crippen LogP contribution in [0.3, 0.4) is 0 Å². The fourth-order valence-electron chi connectivity index (χ4n) is 3.58. The minimum atomic E-state index is -0.286. The van der Waals surface area contributed by atoms with Gasteiger partial charge in [-0.15, -0.1) is 0 Å². The van der Waals surface area contributed by atoms with Gasteiger partial charge in [-0.3, -0.25) is 14.8 Å². The lowest BCUT2D eigenvalue weighted by molar-refractivity contribution is -0.131. The van der Waals surface area contributed by atoms with Gasteiger partial charge in [0.05, 0.1) is 24.0 Å². The van der Waals surface area contributed by atoms with Gasteiger partial charge in [-0.1, -0.05) is 12.1 Å². The molecule has 4 rings (SSSR count). The van der Waals surface area contributed by atoms with Gasteiger partial charge in [0.2, 0.25) is 5.91 Å².